The number of hydrogen-bond donors (Lipinski definition) is 3. The van der Waals surface area contributed by atoms with Gasteiger partial charge in [0, 0.05) is 10.5 Å². The van der Waals surface area contributed by atoms with Gasteiger partial charge in [-0.15, -0.1) is 0 Å². The summed E-state index contributed by atoms with van der Waals surface area (Å²) >= 11 is 3.21. The Balaban J connectivity index is 1.88. The standard InChI is InChI=1S/C18H25BrN2O6S/c1-12-4-2-3-5-15(12)20-17(23)11-27-18(24)16(10-22)21-28(25,26)14-8-6-13(19)7-9-14/h6-9,12,15-16,21-22H,2-5,10-11H2,1H3,(H,20,23). The van der Waals surface area contributed by atoms with Gasteiger partial charge in [0.1, 0.15) is 6.04 Å². The first-order valence-corrected chi connectivity index (χ1v) is 11.4. The van der Waals surface area contributed by atoms with Crippen molar-refractivity contribution in [2.24, 2.45) is 5.92 Å². The van der Waals surface area contributed by atoms with Crippen LogP contribution >= 0.6 is 15.9 Å². The Kier molecular flexibility index (Phi) is 8.41. The van der Waals surface area contributed by atoms with E-state index in [-0.39, 0.29) is 10.9 Å². The molecule has 1 amide bonds. The van der Waals surface area contributed by atoms with Crippen LogP contribution < -0.4 is 10.0 Å². The molecule has 0 spiro atoms. The number of sulfonamides is 1. The third-order valence-corrected chi connectivity index (χ3v) is 6.71. The van der Waals surface area contributed by atoms with E-state index in [2.05, 4.69) is 32.9 Å². The molecular weight excluding hydrogens is 452 g/mol. The van der Waals surface area contributed by atoms with Gasteiger partial charge in [-0.3, -0.25) is 9.59 Å². The van der Waals surface area contributed by atoms with Crippen LogP contribution in [0.25, 0.3) is 0 Å². The van der Waals surface area contributed by atoms with Crippen LogP contribution in [0.4, 0.5) is 0 Å². The van der Waals surface area contributed by atoms with Gasteiger partial charge in [-0.05, 0) is 43.0 Å². The van der Waals surface area contributed by atoms with Crippen molar-refractivity contribution in [3.63, 3.8) is 0 Å². The van der Waals surface area contributed by atoms with E-state index in [1.54, 1.807) is 0 Å². The lowest BCUT2D eigenvalue weighted by atomic mass is 9.86. The Morgan fingerprint density at radius 3 is 2.50 bits per heavy atom. The van der Waals surface area contributed by atoms with E-state index in [0.29, 0.717) is 10.4 Å². The second-order valence-electron chi connectivity index (χ2n) is 6.85. The number of ether oxygens (including phenoxy) is 1. The van der Waals surface area contributed by atoms with Gasteiger partial charge in [-0.25, -0.2) is 8.42 Å². The number of hydrogen-bond acceptors (Lipinski definition) is 6. The Bertz CT molecular complexity index is 784. The summed E-state index contributed by atoms with van der Waals surface area (Å²) < 4.78 is 32.3. The predicted octanol–water partition coefficient (Wildman–Crippen LogP) is 1.33. The molecule has 3 N–H and O–H groups in total. The van der Waals surface area contributed by atoms with Crippen LogP contribution in [0.2, 0.25) is 0 Å². The molecule has 156 valence electrons. The van der Waals surface area contributed by atoms with Crippen LogP contribution in [0, 0.1) is 5.92 Å². The van der Waals surface area contributed by atoms with Gasteiger partial charge < -0.3 is 15.2 Å². The first-order chi connectivity index (χ1) is 13.2. The number of carbonyl (C=O) groups is 2. The molecular formula is C18H25BrN2O6S. The Hall–Kier alpha value is -1.49. The quantitative estimate of drug-likeness (QED) is 0.486. The second kappa shape index (κ2) is 10.3. The van der Waals surface area contributed by atoms with Gasteiger partial charge in [-0.1, -0.05) is 35.7 Å². The van der Waals surface area contributed by atoms with Crippen LogP contribution in [-0.4, -0.2) is 50.7 Å². The van der Waals surface area contributed by atoms with Crippen LogP contribution in [0.5, 0.6) is 0 Å². The molecule has 0 heterocycles. The highest BCUT2D eigenvalue weighted by molar-refractivity contribution is 9.10. The van der Waals surface area contributed by atoms with Crippen molar-refractivity contribution >= 4 is 37.8 Å². The Morgan fingerprint density at radius 1 is 1.25 bits per heavy atom. The third-order valence-electron chi connectivity index (χ3n) is 4.69. The van der Waals surface area contributed by atoms with E-state index in [1.165, 1.54) is 24.3 Å². The molecule has 1 aromatic rings. The Morgan fingerprint density at radius 2 is 1.89 bits per heavy atom. The van der Waals surface area contributed by atoms with Gasteiger partial charge in [0.15, 0.2) is 6.61 Å². The topological polar surface area (TPSA) is 122 Å². The molecule has 0 aromatic heterocycles. The highest BCUT2D eigenvalue weighted by atomic mass is 79.9. The minimum absolute atomic E-state index is 0.0458. The first kappa shape index (κ1) is 22.8. The lowest BCUT2D eigenvalue weighted by molar-refractivity contribution is -0.151. The second-order valence-corrected chi connectivity index (χ2v) is 9.48. The maximum absolute atomic E-state index is 12.3. The highest BCUT2D eigenvalue weighted by Crippen LogP contribution is 2.23. The fraction of sp³-hybridized carbons (Fsp3) is 0.556. The van der Waals surface area contributed by atoms with Crippen molar-refractivity contribution in [1.82, 2.24) is 10.0 Å². The fourth-order valence-corrected chi connectivity index (χ4v) is 4.49. The molecule has 28 heavy (non-hydrogen) atoms. The van der Waals surface area contributed by atoms with Crippen molar-refractivity contribution in [2.75, 3.05) is 13.2 Å². The summed E-state index contributed by atoms with van der Waals surface area (Å²) in [7, 11) is -4.03. The van der Waals surface area contributed by atoms with Crippen LogP contribution in [0.3, 0.4) is 0 Å². The van der Waals surface area contributed by atoms with E-state index < -0.39 is 41.2 Å². The number of rotatable bonds is 8. The molecule has 1 aromatic carbocycles. The van der Waals surface area contributed by atoms with Crippen molar-refractivity contribution in [3.05, 3.63) is 28.7 Å². The van der Waals surface area contributed by atoms with Crippen LogP contribution in [-0.2, 0) is 24.3 Å². The zero-order valence-corrected chi connectivity index (χ0v) is 18.0. The number of benzene rings is 1. The summed E-state index contributed by atoms with van der Waals surface area (Å²) in [4.78, 5) is 24.1. The molecule has 1 aliphatic rings. The van der Waals surface area contributed by atoms with E-state index >= 15 is 0 Å². The average molecular weight is 477 g/mol. The molecule has 1 saturated carbocycles. The zero-order chi connectivity index (χ0) is 20.7. The normalized spacial score (nSPS) is 21.0. The SMILES string of the molecule is CC1CCCCC1NC(=O)COC(=O)C(CO)NS(=O)(=O)c1ccc(Br)cc1. The molecule has 8 nitrogen and oxygen atoms in total. The van der Waals surface area contributed by atoms with E-state index in [0.717, 1.165) is 25.7 Å². The van der Waals surface area contributed by atoms with Gasteiger partial charge >= 0.3 is 5.97 Å². The molecule has 3 unspecified atom stereocenters. The maximum atomic E-state index is 12.3. The number of carbonyl (C=O) groups excluding carboxylic acids is 2. The molecule has 3 atom stereocenters. The lowest BCUT2D eigenvalue weighted by Gasteiger charge is -2.29. The molecule has 0 aliphatic heterocycles. The van der Waals surface area contributed by atoms with Crippen molar-refractivity contribution in [1.29, 1.82) is 0 Å². The first-order valence-electron chi connectivity index (χ1n) is 9.07. The van der Waals surface area contributed by atoms with Crippen LogP contribution in [0.1, 0.15) is 32.6 Å². The highest BCUT2D eigenvalue weighted by Gasteiger charge is 2.28. The predicted molar refractivity (Wildman–Crippen MR) is 106 cm³/mol. The monoisotopic (exact) mass is 476 g/mol. The van der Waals surface area contributed by atoms with Gasteiger partial charge in [0.25, 0.3) is 5.91 Å². The van der Waals surface area contributed by atoms with Crippen LogP contribution in [0.15, 0.2) is 33.6 Å². The van der Waals surface area contributed by atoms with Gasteiger partial charge in [0.2, 0.25) is 10.0 Å². The van der Waals surface area contributed by atoms with Crippen molar-refractivity contribution < 1.29 is 27.9 Å². The summed E-state index contributed by atoms with van der Waals surface area (Å²) in [6.07, 6.45) is 4.10. The number of halogens is 1. The van der Waals surface area contributed by atoms with E-state index in [4.69, 9.17) is 4.74 Å². The van der Waals surface area contributed by atoms with E-state index in [9.17, 15) is 23.1 Å². The maximum Gasteiger partial charge on any atom is 0.327 e. The molecule has 1 fully saturated rings. The average Bonchev–Trinajstić information content (AvgIpc) is 2.66. The largest absolute Gasteiger partial charge is 0.454 e. The van der Waals surface area contributed by atoms with Gasteiger partial charge in [0.05, 0.1) is 11.5 Å². The zero-order valence-electron chi connectivity index (χ0n) is 15.6. The number of amides is 1. The molecule has 0 saturated heterocycles. The minimum Gasteiger partial charge on any atom is -0.454 e. The summed E-state index contributed by atoms with van der Waals surface area (Å²) in [6, 6.07) is 4.32. The number of esters is 1. The molecule has 0 radical (unpaired) electrons. The number of nitrogens with one attached hydrogen (secondary N) is 2. The smallest absolute Gasteiger partial charge is 0.327 e. The van der Waals surface area contributed by atoms with E-state index in [1.807, 2.05) is 0 Å². The molecule has 10 heteroatoms. The summed E-state index contributed by atoms with van der Waals surface area (Å²) in [5.74, 6) is -1.11. The summed E-state index contributed by atoms with van der Waals surface area (Å²) in [5, 5.41) is 12.2. The fourth-order valence-electron chi connectivity index (χ4n) is 3.05. The molecule has 2 rings (SSSR count). The van der Waals surface area contributed by atoms with Crippen molar-refractivity contribution in [3.8, 4) is 0 Å². The Labute approximate surface area is 173 Å². The number of aliphatic hydroxyl groups is 1. The molecule has 0 bridgehead atoms. The number of aliphatic hydroxyl groups excluding tert-OH is 1. The third kappa shape index (κ3) is 6.54. The lowest BCUT2D eigenvalue weighted by Crippen LogP contribution is -2.46. The minimum atomic E-state index is -4.03. The van der Waals surface area contributed by atoms with Gasteiger partial charge in [-0.2, -0.15) is 4.72 Å². The summed E-state index contributed by atoms with van der Waals surface area (Å²) in [5.41, 5.74) is 0. The summed E-state index contributed by atoms with van der Waals surface area (Å²) in [6.45, 7) is 0.739. The van der Waals surface area contributed by atoms with Crippen molar-refractivity contribution in [2.45, 2.75) is 49.6 Å². The molecule has 1 aliphatic carbocycles.